The van der Waals surface area contributed by atoms with Crippen molar-refractivity contribution in [2.45, 2.75) is 100 Å². The lowest BCUT2D eigenvalue weighted by atomic mass is 9.65. The highest BCUT2D eigenvalue weighted by atomic mass is 32.3. The van der Waals surface area contributed by atoms with E-state index in [-0.39, 0.29) is 25.2 Å². The molecule has 1 saturated carbocycles. The first kappa shape index (κ1) is 44.8. The second-order valence-electron chi connectivity index (χ2n) is 14.9. The highest BCUT2D eigenvalue weighted by molar-refractivity contribution is 7.80. The van der Waals surface area contributed by atoms with Gasteiger partial charge in [-0.1, -0.05) is 116 Å². The van der Waals surface area contributed by atoms with Gasteiger partial charge in [0.25, 0.3) is 0 Å². The number of aliphatic carboxylic acids is 1. The van der Waals surface area contributed by atoms with Crippen molar-refractivity contribution in [3.05, 3.63) is 106 Å². The molecule has 2 aliphatic rings. The van der Waals surface area contributed by atoms with E-state index < -0.39 is 50.8 Å². The van der Waals surface area contributed by atoms with Crippen LogP contribution in [-0.2, 0) is 33.7 Å². The number of rotatable bonds is 14. The number of aliphatic hydroxyl groups excluding tert-OH is 1. The summed E-state index contributed by atoms with van der Waals surface area (Å²) in [6.45, 7) is 15.9. The Labute approximate surface area is 315 Å². The van der Waals surface area contributed by atoms with E-state index in [4.69, 9.17) is 13.5 Å². The lowest BCUT2D eigenvalue weighted by Gasteiger charge is -2.35. The highest BCUT2D eigenvalue weighted by Gasteiger charge is 2.60. The fourth-order valence-corrected chi connectivity index (χ4v) is 7.01. The number of hydrogen-bond donors (Lipinski definition) is 3. The molecule has 0 saturated heterocycles. The first-order valence-electron chi connectivity index (χ1n) is 17.4. The molecule has 2 rings (SSSR count). The molecule has 0 radical (unpaired) electrons. The van der Waals surface area contributed by atoms with E-state index in [0.717, 1.165) is 27.9 Å². The first-order valence-corrected chi connectivity index (χ1v) is 18.7. The van der Waals surface area contributed by atoms with Crippen LogP contribution in [0.2, 0.25) is 0 Å². The molecule has 1 unspecified atom stereocenters. The number of ether oxygens (including phenoxy) is 1. The van der Waals surface area contributed by atoms with Crippen LogP contribution in [0.5, 0.6) is 0 Å². The van der Waals surface area contributed by atoms with Gasteiger partial charge in [-0.25, -0.2) is 4.18 Å². The summed E-state index contributed by atoms with van der Waals surface area (Å²) in [6.07, 6.45) is 21.2. The molecule has 0 aromatic carbocycles. The van der Waals surface area contributed by atoms with Gasteiger partial charge in [-0.3, -0.25) is 18.9 Å². The minimum absolute atomic E-state index is 0.00593. The number of ketones is 1. The maximum Gasteiger partial charge on any atom is 0.397 e. The second kappa shape index (κ2) is 19.1. The summed E-state index contributed by atoms with van der Waals surface area (Å²) >= 11 is 0. The van der Waals surface area contributed by atoms with Crippen molar-refractivity contribution in [1.82, 2.24) is 0 Å². The largest absolute Gasteiger partial charge is 0.481 e. The molecule has 0 aromatic rings. The average Bonchev–Trinajstić information content (AvgIpc) is 3.27. The molecule has 0 heterocycles. The van der Waals surface area contributed by atoms with Crippen LogP contribution < -0.4 is 0 Å². The Balaban J connectivity index is 2.08. The van der Waals surface area contributed by atoms with Gasteiger partial charge in [0.1, 0.15) is 6.61 Å². The molecule has 4 atom stereocenters. The maximum absolute atomic E-state index is 13.0. The van der Waals surface area contributed by atoms with Gasteiger partial charge in [-0.15, -0.1) is 0 Å². The fraction of sp³-hybridized carbons (Fsp3) is 0.452. The topological polar surface area (TPSA) is 164 Å². The van der Waals surface area contributed by atoms with Crippen LogP contribution in [0.4, 0.5) is 0 Å². The van der Waals surface area contributed by atoms with Crippen molar-refractivity contribution in [3.63, 3.8) is 0 Å². The number of carboxylic acid groups (broad SMARTS) is 1. The molecule has 10 nitrogen and oxygen atoms in total. The molecule has 2 aliphatic carbocycles. The molecule has 0 aliphatic heterocycles. The van der Waals surface area contributed by atoms with Crippen LogP contribution >= 0.6 is 0 Å². The summed E-state index contributed by atoms with van der Waals surface area (Å²) in [5, 5.41) is 19.9. The molecular formula is C42H54O10S. The van der Waals surface area contributed by atoms with Gasteiger partial charge in [0.15, 0.2) is 5.78 Å². The monoisotopic (exact) mass is 750 g/mol. The Morgan fingerprint density at radius 1 is 0.811 bits per heavy atom. The van der Waals surface area contributed by atoms with Crippen molar-refractivity contribution < 1.29 is 46.5 Å². The molecule has 0 aromatic heterocycles. The molecule has 0 bridgehead atoms. The molecule has 288 valence electrons. The normalized spacial score (nSPS) is 26.2. The molecular weight excluding hydrogens is 697 g/mol. The van der Waals surface area contributed by atoms with Crippen LogP contribution in [0, 0.1) is 28.1 Å². The summed E-state index contributed by atoms with van der Waals surface area (Å²) in [5.41, 5.74) is 1.99. The van der Waals surface area contributed by atoms with Gasteiger partial charge in [0, 0.05) is 28.9 Å². The van der Waals surface area contributed by atoms with E-state index in [1.54, 1.807) is 19.1 Å². The third-order valence-corrected chi connectivity index (χ3v) is 10.2. The number of hydrogen-bond acceptors (Lipinski definition) is 8. The Hall–Kier alpha value is -4.34. The van der Waals surface area contributed by atoms with Crippen LogP contribution in [0.15, 0.2) is 106 Å². The summed E-state index contributed by atoms with van der Waals surface area (Å²) in [7, 11) is -4.57. The smallest absolute Gasteiger partial charge is 0.397 e. The molecule has 0 spiro atoms. The van der Waals surface area contributed by atoms with Gasteiger partial charge in [-0.05, 0) is 72.5 Å². The number of allylic oxidation sites excluding steroid dienone is 16. The summed E-state index contributed by atoms with van der Waals surface area (Å²) in [4.78, 5) is 36.4. The zero-order chi connectivity index (χ0) is 40.2. The number of carboxylic acids is 1. The van der Waals surface area contributed by atoms with Gasteiger partial charge in [0.2, 0.25) is 0 Å². The molecule has 0 amide bonds. The highest BCUT2D eigenvalue weighted by Crippen LogP contribution is 2.53. The van der Waals surface area contributed by atoms with Gasteiger partial charge < -0.3 is 14.9 Å². The standard InChI is InChI=1S/C42H54O10S/c1-29(16-12-17-31(3)20-23-38(45)41(8)25-35(44)26-42(41,9)39(46)47)14-10-11-15-30(2)18-13-19-34(28-51-33(5)43)21-22-37-32(4)24-36(27-40(37,6)7)52-53(48,49)50/h10-20,23,35-36,44H,24-28H2,1-9H3,(H,46,47)(H,48,49,50)/b11-10+,16-12+,18-13+,23-20+,29-14+,30-15+,31-17+,34-19-/t35?,36-,41+,42+/m1/s1. The second-order valence-corrected chi connectivity index (χ2v) is 15.9. The Kier molecular flexibility index (Phi) is 16.2. The predicted octanol–water partition coefficient (Wildman–Crippen LogP) is 7.69. The lowest BCUT2D eigenvalue weighted by Crippen LogP contribution is -2.44. The third kappa shape index (κ3) is 13.9. The number of carbonyl (C=O) groups excluding carboxylic acids is 2. The zero-order valence-electron chi connectivity index (χ0n) is 32.2. The molecule has 53 heavy (non-hydrogen) atoms. The molecule has 3 N–H and O–H groups in total. The van der Waals surface area contributed by atoms with Crippen LogP contribution in [0.1, 0.15) is 88.0 Å². The predicted molar refractivity (Wildman–Crippen MR) is 207 cm³/mol. The van der Waals surface area contributed by atoms with E-state index in [1.165, 1.54) is 19.9 Å². The van der Waals surface area contributed by atoms with Crippen molar-refractivity contribution in [3.8, 4) is 11.8 Å². The maximum atomic E-state index is 13.0. The third-order valence-electron chi connectivity index (χ3n) is 9.64. The van der Waals surface area contributed by atoms with E-state index in [1.807, 2.05) is 96.2 Å². The van der Waals surface area contributed by atoms with Gasteiger partial charge in [-0.2, -0.15) is 8.42 Å². The Morgan fingerprint density at radius 3 is 1.87 bits per heavy atom. The van der Waals surface area contributed by atoms with Crippen LogP contribution in [-0.4, -0.2) is 59.7 Å². The van der Waals surface area contributed by atoms with Gasteiger partial charge in [0.05, 0.1) is 17.6 Å². The van der Waals surface area contributed by atoms with Crippen LogP contribution in [0.25, 0.3) is 0 Å². The number of carbonyl (C=O) groups is 3. The van der Waals surface area contributed by atoms with Crippen molar-refractivity contribution in [2.75, 3.05) is 6.61 Å². The summed E-state index contributed by atoms with van der Waals surface area (Å²) < 4.78 is 41.6. The van der Waals surface area contributed by atoms with Crippen molar-refractivity contribution in [1.29, 1.82) is 0 Å². The average molecular weight is 751 g/mol. The quantitative estimate of drug-likeness (QED) is 0.0527. The van der Waals surface area contributed by atoms with E-state index in [2.05, 4.69) is 11.8 Å². The van der Waals surface area contributed by atoms with E-state index in [9.17, 15) is 33.0 Å². The number of aliphatic hydroxyl groups is 1. The van der Waals surface area contributed by atoms with Crippen molar-refractivity contribution >= 4 is 28.1 Å². The van der Waals surface area contributed by atoms with Gasteiger partial charge >= 0.3 is 22.3 Å². The molecule has 1 fully saturated rings. The molecule has 11 heteroatoms. The Bertz CT molecular complexity index is 1870. The van der Waals surface area contributed by atoms with E-state index >= 15 is 0 Å². The SMILES string of the molecule is CC(=O)OC\C(C#CC1=C(C)C[C@@H](OS(=O)(=O)O)CC1(C)C)=C/C=C/C(C)=C/C=C/C=C(C)/C=C/C=C(C)/C=C/C(=O)[C@]1(C)CC(O)C[C@@]1(C)C(=O)O. The summed E-state index contributed by atoms with van der Waals surface area (Å²) in [5.74, 6) is 4.47. The minimum Gasteiger partial charge on any atom is -0.481 e. The zero-order valence-corrected chi connectivity index (χ0v) is 33.0. The van der Waals surface area contributed by atoms with Crippen LogP contribution in [0.3, 0.4) is 0 Å². The fourth-order valence-electron chi connectivity index (χ4n) is 6.53. The first-order chi connectivity index (χ1) is 24.5. The lowest BCUT2D eigenvalue weighted by molar-refractivity contribution is -0.157. The minimum atomic E-state index is -4.57. The number of esters is 1. The summed E-state index contributed by atoms with van der Waals surface area (Å²) in [6, 6.07) is 0. The van der Waals surface area contributed by atoms with E-state index in [0.29, 0.717) is 18.4 Å². The Morgan fingerprint density at radius 2 is 1.34 bits per heavy atom. The van der Waals surface area contributed by atoms with Crippen molar-refractivity contribution in [2.24, 2.45) is 16.2 Å².